The Hall–Kier alpha value is -1.22. The predicted octanol–water partition coefficient (Wildman–Crippen LogP) is 2.65. The second-order valence-corrected chi connectivity index (χ2v) is 3.93. The highest BCUT2D eigenvalue weighted by atomic mass is 16.3. The van der Waals surface area contributed by atoms with Gasteiger partial charge in [0.25, 0.3) is 0 Å². The normalized spacial score (nSPS) is 12.5. The molecule has 0 spiro atoms. The van der Waals surface area contributed by atoms with Crippen LogP contribution in [0.2, 0.25) is 0 Å². The molecule has 90 valence electrons. The molecule has 0 saturated heterocycles. The average Bonchev–Trinajstić information content (AvgIpc) is 2.30. The van der Waals surface area contributed by atoms with Crippen LogP contribution in [0.1, 0.15) is 38.8 Å². The van der Waals surface area contributed by atoms with Crippen molar-refractivity contribution in [3.63, 3.8) is 0 Å². The third kappa shape index (κ3) is 2.67. The summed E-state index contributed by atoms with van der Waals surface area (Å²) in [6.07, 6.45) is 0.832. The van der Waals surface area contributed by atoms with Gasteiger partial charge < -0.3 is 15.7 Å². The summed E-state index contributed by atoms with van der Waals surface area (Å²) in [6, 6.07) is 5.68. The lowest BCUT2D eigenvalue weighted by Gasteiger charge is -2.22. The second-order valence-electron chi connectivity index (χ2n) is 3.93. The molecule has 0 aliphatic carbocycles. The average molecular weight is 222 g/mol. The Morgan fingerprint density at radius 2 is 1.88 bits per heavy atom. The Morgan fingerprint density at radius 1 is 1.25 bits per heavy atom. The molecule has 0 radical (unpaired) electrons. The summed E-state index contributed by atoms with van der Waals surface area (Å²) in [6.45, 7) is 8.10. The first-order valence-corrected chi connectivity index (χ1v) is 5.97. The van der Waals surface area contributed by atoms with E-state index in [-0.39, 0.29) is 6.04 Å². The van der Waals surface area contributed by atoms with Crippen molar-refractivity contribution in [1.29, 1.82) is 0 Å². The number of aromatic hydroxyl groups is 1. The molecule has 0 aliphatic rings. The number of phenols is 1. The van der Waals surface area contributed by atoms with Crippen molar-refractivity contribution in [2.24, 2.45) is 5.73 Å². The molecule has 0 aliphatic heterocycles. The van der Waals surface area contributed by atoms with Gasteiger partial charge in [-0.2, -0.15) is 0 Å². The quantitative estimate of drug-likeness (QED) is 0.805. The zero-order valence-electron chi connectivity index (χ0n) is 10.4. The van der Waals surface area contributed by atoms with E-state index in [2.05, 4.69) is 18.7 Å². The number of benzene rings is 1. The minimum Gasteiger partial charge on any atom is -0.508 e. The summed E-state index contributed by atoms with van der Waals surface area (Å²) < 4.78 is 0. The highest BCUT2D eigenvalue weighted by Crippen LogP contribution is 2.29. The van der Waals surface area contributed by atoms with Crippen LogP contribution in [0.3, 0.4) is 0 Å². The first kappa shape index (κ1) is 12.8. The van der Waals surface area contributed by atoms with Crippen molar-refractivity contribution in [3.8, 4) is 5.75 Å². The lowest BCUT2D eigenvalue weighted by Crippen LogP contribution is -2.21. The molecular formula is C13H22N2O. The van der Waals surface area contributed by atoms with Gasteiger partial charge in [-0.3, -0.25) is 0 Å². The van der Waals surface area contributed by atoms with E-state index < -0.39 is 0 Å². The number of nitrogens with zero attached hydrogens (tertiary/aromatic N) is 1. The van der Waals surface area contributed by atoms with Gasteiger partial charge in [-0.1, -0.05) is 13.0 Å². The molecule has 0 bridgehead atoms. The van der Waals surface area contributed by atoms with E-state index in [1.165, 1.54) is 0 Å². The van der Waals surface area contributed by atoms with Gasteiger partial charge >= 0.3 is 0 Å². The predicted molar refractivity (Wildman–Crippen MR) is 68.9 cm³/mol. The van der Waals surface area contributed by atoms with Crippen molar-refractivity contribution in [1.82, 2.24) is 0 Å². The first-order valence-electron chi connectivity index (χ1n) is 5.97. The number of phenolic OH excluding ortho intramolecular Hbond substituents is 1. The molecule has 1 aromatic carbocycles. The van der Waals surface area contributed by atoms with E-state index >= 15 is 0 Å². The maximum absolute atomic E-state index is 9.93. The van der Waals surface area contributed by atoms with Gasteiger partial charge in [0.05, 0.1) is 0 Å². The van der Waals surface area contributed by atoms with E-state index in [1.54, 1.807) is 6.07 Å². The molecule has 16 heavy (non-hydrogen) atoms. The van der Waals surface area contributed by atoms with Gasteiger partial charge in [0.15, 0.2) is 0 Å². The Balaban J connectivity index is 2.98. The highest BCUT2D eigenvalue weighted by Gasteiger charge is 2.11. The summed E-state index contributed by atoms with van der Waals surface area (Å²) in [7, 11) is 0. The summed E-state index contributed by atoms with van der Waals surface area (Å²) >= 11 is 0. The monoisotopic (exact) mass is 222 g/mol. The fourth-order valence-electron chi connectivity index (χ4n) is 1.85. The van der Waals surface area contributed by atoms with Gasteiger partial charge in [0.1, 0.15) is 5.75 Å². The van der Waals surface area contributed by atoms with Crippen LogP contribution in [0.4, 0.5) is 5.69 Å². The standard InChI is InChI=1S/C13H22N2O/c1-4-12(14)11-8-7-10(9-13(11)16)15(5-2)6-3/h7-9,12,16H,4-6,14H2,1-3H3/t12-/m1/s1. The van der Waals surface area contributed by atoms with Crippen LogP contribution in [-0.4, -0.2) is 18.2 Å². The Kier molecular flexibility index (Phi) is 4.62. The lowest BCUT2D eigenvalue weighted by molar-refractivity contribution is 0.460. The van der Waals surface area contributed by atoms with Crippen molar-refractivity contribution in [2.45, 2.75) is 33.2 Å². The number of anilines is 1. The largest absolute Gasteiger partial charge is 0.508 e. The SMILES string of the molecule is CC[C@@H](N)c1ccc(N(CC)CC)cc1O. The molecule has 1 atom stereocenters. The third-order valence-corrected chi connectivity index (χ3v) is 2.98. The molecule has 3 N–H and O–H groups in total. The maximum Gasteiger partial charge on any atom is 0.122 e. The fourth-order valence-corrected chi connectivity index (χ4v) is 1.85. The number of hydrogen-bond acceptors (Lipinski definition) is 3. The van der Waals surface area contributed by atoms with Gasteiger partial charge in [-0.25, -0.2) is 0 Å². The van der Waals surface area contributed by atoms with Crippen molar-refractivity contribution < 1.29 is 5.11 Å². The van der Waals surface area contributed by atoms with Crippen molar-refractivity contribution in [2.75, 3.05) is 18.0 Å². The zero-order valence-corrected chi connectivity index (χ0v) is 10.4. The Morgan fingerprint density at radius 3 is 2.31 bits per heavy atom. The van der Waals surface area contributed by atoms with Crippen molar-refractivity contribution >= 4 is 5.69 Å². The summed E-state index contributed by atoms with van der Waals surface area (Å²) in [5.41, 5.74) is 7.80. The van der Waals surface area contributed by atoms with Crippen molar-refractivity contribution in [3.05, 3.63) is 23.8 Å². The topological polar surface area (TPSA) is 49.5 Å². The molecule has 0 amide bonds. The molecule has 3 nitrogen and oxygen atoms in total. The maximum atomic E-state index is 9.93. The van der Waals surface area contributed by atoms with Crippen LogP contribution in [0.25, 0.3) is 0 Å². The third-order valence-electron chi connectivity index (χ3n) is 2.98. The lowest BCUT2D eigenvalue weighted by atomic mass is 10.0. The first-order chi connectivity index (χ1) is 7.63. The summed E-state index contributed by atoms with van der Waals surface area (Å²) in [5, 5.41) is 9.93. The van der Waals surface area contributed by atoms with Crippen LogP contribution >= 0.6 is 0 Å². The molecule has 1 rings (SSSR count). The van der Waals surface area contributed by atoms with E-state index in [0.29, 0.717) is 5.75 Å². The van der Waals surface area contributed by atoms with E-state index in [1.807, 2.05) is 19.1 Å². The molecule has 0 unspecified atom stereocenters. The van der Waals surface area contributed by atoms with Crippen LogP contribution in [0.5, 0.6) is 5.75 Å². The minimum absolute atomic E-state index is 0.0780. The van der Waals surface area contributed by atoms with Gasteiger partial charge in [0.2, 0.25) is 0 Å². The molecule has 0 saturated carbocycles. The van der Waals surface area contributed by atoms with E-state index in [0.717, 1.165) is 30.8 Å². The number of hydrogen-bond donors (Lipinski definition) is 2. The highest BCUT2D eigenvalue weighted by molar-refractivity contribution is 5.53. The molecule has 1 aromatic rings. The Bertz CT molecular complexity index is 335. The fraction of sp³-hybridized carbons (Fsp3) is 0.538. The molecule has 3 heteroatoms. The second kappa shape index (κ2) is 5.75. The van der Waals surface area contributed by atoms with E-state index in [9.17, 15) is 5.11 Å². The number of nitrogens with two attached hydrogens (primary N) is 1. The van der Waals surface area contributed by atoms with Crippen LogP contribution < -0.4 is 10.6 Å². The number of rotatable bonds is 5. The van der Waals surface area contributed by atoms with Gasteiger partial charge in [-0.15, -0.1) is 0 Å². The summed E-state index contributed by atoms with van der Waals surface area (Å²) in [5.74, 6) is 0.304. The van der Waals surface area contributed by atoms with E-state index in [4.69, 9.17) is 5.73 Å². The summed E-state index contributed by atoms with van der Waals surface area (Å²) in [4.78, 5) is 2.20. The van der Waals surface area contributed by atoms with Gasteiger partial charge in [0, 0.05) is 36.4 Å². The molecular weight excluding hydrogens is 200 g/mol. The minimum atomic E-state index is -0.0780. The Labute approximate surface area is 97.9 Å². The molecule has 0 heterocycles. The van der Waals surface area contributed by atoms with Crippen LogP contribution in [0, 0.1) is 0 Å². The van der Waals surface area contributed by atoms with Crippen LogP contribution in [0.15, 0.2) is 18.2 Å². The zero-order chi connectivity index (χ0) is 12.1. The smallest absolute Gasteiger partial charge is 0.122 e. The van der Waals surface area contributed by atoms with Gasteiger partial charge in [-0.05, 0) is 26.3 Å². The molecule has 0 aromatic heterocycles. The molecule has 0 fully saturated rings. The van der Waals surface area contributed by atoms with Crippen LogP contribution in [-0.2, 0) is 0 Å².